The highest BCUT2D eigenvalue weighted by atomic mass is 32.1. The van der Waals surface area contributed by atoms with Crippen LogP contribution in [0.5, 0.6) is 5.75 Å². The van der Waals surface area contributed by atoms with Crippen LogP contribution in [-0.4, -0.2) is 12.9 Å². The monoisotopic (exact) mass is 304 g/mol. The van der Waals surface area contributed by atoms with Gasteiger partial charge >= 0.3 is 0 Å². The molecule has 1 aromatic carbocycles. The molecule has 1 heterocycles. The minimum absolute atomic E-state index is 0.414. The summed E-state index contributed by atoms with van der Waals surface area (Å²) in [5, 5.41) is 1.82. The van der Waals surface area contributed by atoms with Crippen LogP contribution in [0.25, 0.3) is 0 Å². The van der Waals surface area contributed by atoms with Gasteiger partial charge in [-0.2, -0.15) is 0 Å². The number of benzene rings is 1. The maximum absolute atomic E-state index is 6.04. The lowest BCUT2D eigenvalue weighted by Crippen LogP contribution is -2.14. The van der Waals surface area contributed by atoms with Crippen molar-refractivity contribution in [2.45, 2.75) is 20.3 Å². The van der Waals surface area contributed by atoms with Crippen molar-refractivity contribution in [1.82, 2.24) is 0 Å². The molecule has 2 rings (SSSR count). The molecular weight excluding hydrogens is 284 g/mol. The number of hydrogen-bond acceptors (Lipinski definition) is 5. The Bertz CT molecular complexity index is 664. The van der Waals surface area contributed by atoms with Gasteiger partial charge < -0.3 is 16.3 Å². The standard InChI is InChI=1S/C15H20N4OS/c1-4-10-7-5-6-9(2)13(10)19-20-11-8-21-14(12(11)16)15(17)18-3/h5-8,19H,4,16H2,1-3H3,(H2,17,18). The van der Waals surface area contributed by atoms with Crippen molar-refractivity contribution in [1.29, 1.82) is 0 Å². The highest BCUT2D eigenvalue weighted by molar-refractivity contribution is 7.13. The van der Waals surface area contributed by atoms with Crippen LogP contribution in [-0.2, 0) is 6.42 Å². The maximum atomic E-state index is 6.04. The Labute approximate surface area is 128 Å². The lowest BCUT2D eigenvalue weighted by molar-refractivity contribution is 0.408. The highest BCUT2D eigenvalue weighted by Crippen LogP contribution is 2.32. The van der Waals surface area contributed by atoms with E-state index in [2.05, 4.69) is 23.5 Å². The fourth-order valence-electron chi connectivity index (χ4n) is 2.01. The smallest absolute Gasteiger partial charge is 0.189 e. The number of nitrogen functional groups attached to an aromatic ring is 1. The van der Waals surface area contributed by atoms with Crippen molar-refractivity contribution in [3.05, 3.63) is 39.6 Å². The highest BCUT2D eigenvalue weighted by Gasteiger charge is 2.14. The first kappa shape index (κ1) is 15.2. The van der Waals surface area contributed by atoms with E-state index in [0.29, 0.717) is 17.3 Å². The van der Waals surface area contributed by atoms with Gasteiger partial charge in [0.2, 0.25) is 0 Å². The molecule has 5 N–H and O–H groups in total. The van der Waals surface area contributed by atoms with Gasteiger partial charge in [-0.05, 0) is 24.5 Å². The van der Waals surface area contributed by atoms with Crippen molar-refractivity contribution >= 4 is 28.5 Å². The Morgan fingerprint density at radius 1 is 1.43 bits per heavy atom. The summed E-state index contributed by atoms with van der Waals surface area (Å²) in [6, 6.07) is 6.15. The Morgan fingerprint density at radius 2 is 2.19 bits per heavy atom. The molecule has 0 aliphatic rings. The molecule has 21 heavy (non-hydrogen) atoms. The molecule has 0 atom stereocenters. The van der Waals surface area contributed by atoms with Gasteiger partial charge in [0.15, 0.2) is 5.75 Å². The lowest BCUT2D eigenvalue weighted by atomic mass is 10.1. The fraction of sp³-hybridized carbons (Fsp3) is 0.267. The van der Waals surface area contributed by atoms with Crippen LogP contribution in [0, 0.1) is 6.92 Å². The number of nitrogens with two attached hydrogens (primary N) is 2. The Morgan fingerprint density at radius 3 is 2.86 bits per heavy atom. The van der Waals surface area contributed by atoms with Gasteiger partial charge in [-0.3, -0.25) is 4.99 Å². The van der Waals surface area contributed by atoms with Crippen LogP contribution in [0.3, 0.4) is 0 Å². The summed E-state index contributed by atoms with van der Waals surface area (Å²) in [6.07, 6.45) is 0.924. The number of nitrogens with one attached hydrogen (secondary N) is 1. The first-order valence-electron chi connectivity index (χ1n) is 6.69. The third-order valence-electron chi connectivity index (χ3n) is 3.27. The molecule has 6 heteroatoms. The number of hydrogen-bond donors (Lipinski definition) is 3. The van der Waals surface area contributed by atoms with Gasteiger partial charge in [-0.25, -0.2) is 5.48 Å². The number of aliphatic imine (C=N–C) groups is 1. The average molecular weight is 304 g/mol. The second-order valence-electron chi connectivity index (χ2n) is 4.62. The second kappa shape index (κ2) is 6.49. The van der Waals surface area contributed by atoms with Crippen molar-refractivity contribution in [3.63, 3.8) is 0 Å². The minimum atomic E-state index is 0.414. The molecule has 112 valence electrons. The molecule has 0 fully saturated rings. The summed E-state index contributed by atoms with van der Waals surface area (Å²) >= 11 is 1.41. The zero-order valence-electron chi connectivity index (χ0n) is 12.4. The summed E-state index contributed by atoms with van der Waals surface area (Å²) in [5.74, 6) is 0.976. The summed E-state index contributed by atoms with van der Waals surface area (Å²) in [4.78, 5) is 10.3. The predicted molar refractivity (Wildman–Crippen MR) is 90.2 cm³/mol. The van der Waals surface area contributed by atoms with Crippen LogP contribution >= 0.6 is 11.3 Å². The van der Waals surface area contributed by atoms with Gasteiger partial charge in [0.05, 0.1) is 16.3 Å². The minimum Gasteiger partial charge on any atom is -0.394 e. The van der Waals surface area contributed by atoms with Crippen LogP contribution < -0.4 is 21.8 Å². The number of anilines is 2. The third kappa shape index (κ3) is 3.11. The molecule has 0 aliphatic carbocycles. The van der Waals surface area contributed by atoms with E-state index < -0.39 is 0 Å². The Hall–Kier alpha value is -2.21. The number of amidine groups is 1. The van der Waals surface area contributed by atoms with E-state index >= 15 is 0 Å². The predicted octanol–water partition coefficient (Wildman–Crippen LogP) is 2.94. The maximum Gasteiger partial charge on any atom is 0.189 e. The van der Waals surface area contributed by atoms with Crippen LogP contribution in [0.15, 0.2) is 28.6 Å². The summed E-state index contributed by atoms with van der Waals surface area (Å²) in [6.45, 7) is 4.14. The Balaban J connectivity index is 2.20. The van der Waals surface area contributed by atoms with E-state index in [1.165, 1.54) is 16.9 Å². The third-order valence-corrected chi connectivity index (χ3v) is 4.27. The number of para-hydroxylation sites is 1. The molecule has 0 saturated heterocycles. The molecule has 1 aromatic heterocycles. The van der Waals surface area contributed by atoms with Crippen molar-refractivity contribution in [2.75, 3.05) is 18.3 Å². The number of thiophene rings is 1. The average Bonchev–Trinajstić information content (AvgIpc) is 2.86. The quantitative estimate of drug-likeness (QED) is 0.450. The van der Waals surface area contributed by atoms with Crippen LogP contribution in [0.1, 0.15) is 22.9 Å². The summed E-state index contributed by atoms with van der Waals surface area (Å²) < 4.78 is 0. The first-order valence-corrected chi connectivity index (χ1v) is 7.57. The molecule has 0 saturated carbocycles. The van der Waals surface area contributed by atoms with E-state index in [1.54, 1.807) is 7.05 Å². The molecule has 0 aliphatic heterocycles. The molecule has 0 bridgehead atoms. The number of nitrogens with zero attached hydrogens (tertiary/aromatic N) is 1. The van der Waals surface area contributed by atoms with Gasteiger partial charge in [-0.15, -0.1) is 11.3 Å². The molecule has 0 spiro atoms. The van der Waals surface area contributed by atoms with Gasteiger partial charge in [0, 0.05) is 12.4 Å². The molecule has 0 radical (unpaired) electrons. The largest absolute Gasteiger partial charge is 0.394 e. The van der Waals surface area contributed by atoms with E-state index in [0.717, 1.165) is 22.5 Å². The molecule has 0 amide bonds. The molecule has 5 nitrogen and oxygen atoms in total. The van der Waals surface area contributed by atoms with Gasteiger partial charge in [0.25, 0.3) is 0 Å². The normalized spacial score (nSPS) is 11.5. The van der Waals surface area contributed by atoms with E-state index in [9.17, 15) is 0 Å². The van der Waals surface area contributed by atoms with Crippen molar-refractivity contribution in [3.8, 4) is 5.75 Å². The van der Waals surface area contributed by atoms with Gasteiger partial charge in [0.1, 0.15) is 5.84 Å². The Kier molecular flexibility index (Phi) is 4.70. The molecular formula is C15H20N4OS. The van der Waals surface area contributed by atoms with Gasteiger partial charge in [-0.1, -0.05) is 25.1 Å². The SMILES string of the molecule is CCc1cccc(C)c1NOc1csc(C(N)=NC)c1N. The second-order valence-corrected chi connectivity index (χ2v) is 5.50. The number of aryl methyl sites for hydroxylation is 2. The molecule has 0 unspecified atom stereocenters. The lowest BCUT2D eigenvalue weighted by Gasteiger charge is -2.14. The zero-order valence-corrected chi connectivity index (χ0v) is 13.3. The van der Waals surface area contributed by atoms with E-state index in [4.69, 9.17) is 16.3 Å². The first-order chi connectivity index (χ1) is 10.1. The topological polar surface area (TPSA) is 85.7 Å². The van der Waals surface area contributed by atoms with Crippen molar-refractivity contribution in [2.24, 2.45) is 10.7 Å². The van der Waals surface area contributed by atoms with Crippen LogP contribution in [0.2, 0.25) is 0 Å². The van der Waals surface area contributed by atoms with Crippen LogP contribution in [0.4, 0.5) is 11.4 Å². The zero-order chi connectivity index (χ0) is 15.4. The summed E-state index contributed by atoms with van der Waals surface area (Å²) in [7, 11) is 1.63. The van der Waals surface area contributed by atoms with E-state index in [1.807, 2.05) is 24.4 Å². The number of rotatable bonds is 5. The van der Waals surface area contributed by atoms with E-state index in [-0.39, 0.29) is 0 Å². The molecule has 2 aromatic rings. The summed E-state index contributed by atoms with van der Waals surface area (Å²) in [5.41, 5.74) is 18.6. The van der Waals surface area contributed by atoms with Crippen molar-refractivity contribution < 1.29 is 4.84 Å². The fourth-order valence-corrected chi connectivity index (χ4v) is 2.85.